The summed E-state index contributed by atoms with van der Waals surface area (Å²) in [6.07, 6.45) is 7.15. The molecule has 0 unspecified atom stereocenters. The van der Waals surface area contributed by atoms with Crippen LogP contribution in [0.15, 0.2) is 23.4 Å². The molecule has 0 aromatic carbocycles. The second-order valence-corrected chi connectivity index (χ2v) is 16.0. The predicted molar refractivity (Wildman–Crippen MR) is 67.2 cm³/mol. The summed E-state index contributed by atoms with van der Waals surface area (Å²) in [6, 6.07) is 0. The largest absolute Gasteiger partial charge is 0.0772 e. The number of hydrogen-bond donors (Lipinski definition) is 0. The highest BCUT2D eigenvalue weighted by Crippen LogP contribution is 2.31. The summed E-state index contributed by atoms with van der Waals surface area (Å²) in [6.45, 7) is 14.5. The summed E-state index contributed by atoms with van der Waals surface area (Å²) in [5.41, 5.74) is 1.62. The molecule has 0 fully saturated rings. The first kappa shape index (κ1) is 11.0. The topological polar surface area (TPSA) is 0 Å². The van der Waals surface area contributed by atoms with Gasteiger partial charge in [0.1, 0.15) is 0 Å². The summed E-state index contributed by atoms with van der Waals surface area (Å²) in [7, 11) is -2.14. The van der Waals surface area contributed by atoms with Crippen LogP contribution < -0.4 is 0 Å². The molecule has 0 saturated carbocycles. The van der Waals surface area contributed by atoms with Crippen molar-refractivity contribution < 1.29 is 0 Å². The van der Waals surface area contributed by atoms with Gasteiger partial charge in [-0.15, -0.1) is 0 Å². The fraction of sp³-hybridized carbons (Fsp3) is 0.545. The van der Waals surface area contributed by atoms with Crippen LogP contribution in [0, 0.1) is 5.54 Å². The average molecular weight is 209 g/mol. The van der Waals surface area contributed by atoms with Crippen LogP contribution in [-0.4, -0.2) is 16.1 Å². The van der Waals surface area contributed by atoms with Gasteiger partial charge in [0.2, 0.25) is 0 Å². The van der Waals surface area contributed by atoms with E-state index < -0.39 is 16.1 Å². The molecule has 0 bridgehead atoms. The van der Waals surface area contributed by atoms with Gasteiger partial charge in [0, 0.05) is 5.54 Å². The van der Waals surface area contributed by atoms with Gasteiger partial charge >= 0.3 is 0 Å². The van der Waals surface area contributed by atoms with Gasteiger partial charge in [-0.1, -0.05) is 62.7 Å². The van der Waals surface area contributed by atoms with Crippen LogP contribution >= 0.6 is 0 Å². The average Bonchev–Trinajstić information content (AvgIpc) is 2.28. The Morgan fingerprint density at radius 1 is 0.769 bits per heavy atom. The first-order valence-electron chi connectivity index (χ1n) is 4.99. The Labute approximate surface area is 84.8 Å². The lowest BCUT2D eigenvalue weighted by molar-refractivity contribution is 1.53. The lowest BCUT2D eigenvalue weighted by atomic mass is 10.5. The normalized spacial score (nSPS) is 19.4. The van der Waals surface area contributed by atoms with Crippen molar-refractivity contribution in [2.75, 3.05) is 0 Å². The molecule has 2 heteroatoms. The van der Waals surface area contributed by atoms with Crippen LogP contribution in [0.1, 0.15) is 0 Å². The van der Waals surface area contributed by atoms with Crippen LogP contribution in [0.4, 0.5) is 0 Å². The molecular weight excluding hydrogens is 188 g/mol. The monoisotopic (exact) mass is 209 g/mol. The van der Waals surface area contributed by atoms with Crippen molar-refractivity contribution >= 4 is 16.1 Å². The van der Waals surface area contributed by atoms with Crippen LogP contribution in [0.2, 0.25) is 39.3 Å². The number of hydrogen-bond acceptors (Lipinski definition) is 0. The highest BCUT2D eigenvalue weighted by atomic mass is 28.3. The third kappa shape index (κ3) is 2.68. The zero-order chi connectivity index (χ0) is 10.3. The van der Waals surface area contributed by atoms with Gasteiger partial charge in [-0.05, 0) is 0 Å². The Balaban J connectivity index is 2.84. The molecule has 0 saturated heterocycles. The molecule has 0 aromatic rings. The molecule has 0 aromatic heterocycles. The zero-order valence-corrected chi connectivity index (χ0v) is 11.7. The van der Waals surface area contributed by atoms with E-state index in [4.69, 9.17) is 0 Å². The van der Waals surface area contributed by atoms with E-state index in [0.29, 0.717) is 0 Å². The highest BCUT2D eigenvalue weighted by molar-refractivity contribution is 6.86. The van der Waals surface area contributed by atoms with Gasteiger partial charge in [-0.3, -0.25) is 0 Å². The van der Waals surface area contributed by atoms with E-state index in [0.717, 1.165) is 0 Å². The smallest absolute Gasteiger partial charge is 0.0771 e. The molecule has 0 atom stereocenters. The van der Waals surface area contributed by atoms with E-state index in [1.807, 2.05) is 0 Å². The number of allylic oxidation sites excluding steroid dienone is 4. The Morgan fingerprint density at radius 2 is 1.31 bits per heavy atom. The van der Waals surface area contributed by atoms with Crippen molar-refractivity contribution in [3.8, 4) is 0 Å². The van der Waals surface area contributed by atoms with E-state index in [2.05, 4.69) is 57.5 Å². The zero-order valence-electron chi connectivity index (χ0n) is 9.73. The van der Waals surface area contributed by atoms with Crippen molar-refractivity contribution in [3.05, 3.63) is 29.0 Å². The molecule has 0 nitrogen and oxygen atoms in total. The van der Waals surface area contributed by atoms with Gasteiger partial charge < -0.3 is 0 Å². The van der Waals surface area contributed by atoms with Crippen molar-refractivity contribution in [1.29, 1.82) is 0 Å². The molecular formula is C11H21Si2. The highest BCUT2D eigenvalue weighted by Gasteiger charge is 2.29. The van der Waals surface area contributed by atoms with Crippen molar-refractivity contribution in [1.82, 2.24) is 0 Å². The van der Waals surface area contributed by atoms with E-state index in [1.165, 1.54) is 0 Å². The fourth-order valence-electron chi connectivity index (χ4n) is 1.38. The van der Waals surface area contributed by atoms with Gasteiger partial charge in [-0.25, -0.2) is 0 Å². The van der Waals surface area contributed by atoms with Crippen molar-refractivity contribution in [3.63, 3.8) is 0 Å². The summed E-state index contributed by atoms with van der Waals surface area (Å²) in [5, 5.41) is 1.62. The molecule has 0 heterocycles. The predicted octanol–water partition coefficient (Wildman–Crippen LogP) is 3.81. The lowest BCUT2D eigenvalue weighted by Crippen LogP contribution is -2.28. The summed E-state index contributed by atoms with van der Waals surface area (Å²) < 4.78 is 0. The molecule has 1 rings (SSSR count). The number of rotatable bonds is 2. The summed E-state index contributed by atoms with van der Waals surface area (Å²) in [4.78, 5) is 0. The lowest BCUT2D eigenvalue weighted by Gasteiger charge is -2.21. The summed E-state index contributed by atoms with van der Waals surface area (Å²) >= 11 is 0. The maximum Gasteiger partial charge on any atom is 0.0771 e. The van der Waals surface area contributed by atoms with Gasteiger partial charge in [0.15, 0.2) is 0 Å². The summed E-state index contributed by atoms with van der Waals surface area (Å²) in [5.74, 6) is 0. The third-order valence-electron chi connectivity index (χ3n) is 2.49. The first-order chi connectivity index (χ1) is 5.71. The maximum atomic E-state index is 2.46. The van der Waals surface area contributed by atoms with Gasteiger partial charge in [0.25, 0.3) is 0 Å². The molecule has 13 heavy (non-hydrogen) atoms. The minimum absolute atomic E-state index is 1.07. The minimum atomic E-state index is -1.07. The van der Waals surface area contributed by atoms with Crippen LogP contribution in [0.3, 0.4) is 0 Å². The Bertz CT molecular complexity index is 248. The standard InChI is InChI=1S/C11H21Si2/c1-12(2,3)10-7-8-11(9-10)13(4,5)6/h7-9H,1-6H3. The fourth-order valence-corrected chi connectivity index (χ4v) is 3.86. The van der Waals surface area contributed by atoms with Crippen LogP contribution in [0.5, 0.6) is 0 Å². The Morgan fingerprint density at radius 3 is 1.54 bits per heavy atom. The quantitative estimate of drug-likeness (QED) is 0.607. The van der Waals surface area contributed by atoms with E-state index in [9.17, 15) is 0 Å². The molecule has 73 valence electrons. The van der Waals surface area contributed by atoms with E-state index >= 15 is 0 Å². The van der Waals surface area contributed by atoms with Crippen LogP contribution in [0.25, 0.3) is 0 Å². The maximum absolute atomic E-state index is 2.46. The molecule has 1 radical (unpaired) electrons. The van der Waals surface area contributed by atoms with E-state index in [-0.39, 0.29) is 0 Å². The second-order valence-electron chi connectivity index (χ2n) is 5.89. The minimum Gasteiger partial charge on any atom is -0.0772 e. The molecule has 1 aliphatic rings. The second kappa shape index (κ2) is 3.24. The molecule has 1 aliphatic carbocycles. The van der Waals surface area contributed by atoms with Crippen LogP contribution in [-0.2, 0) is 0 Å². The SMILES string of the molecule is C[Si](C)(C)[C]1C=CC([Si](C)(C)C)=C1. The molecule has 0 aliphatic heterocycles. The molecule has 0 spiro atoms. The van der Waals surface area contributed by atoms with Crippen molar-refractivity contribution in [2.45, 2.75) is 39.3 Å². The van der Waals surface area contributed by atoms with E-state index in [1.54, 1.807) is 10.7 Å². The molecule has 0 N–H and O–H groups in total. The van der Waals surface area contributed by atoms with Gasteiger partial charge in [0.05, 0.1) is 16.1 Å². The Kier molecular flexibility index (Phi) is 2.74. The van der Waals surface area contributed by atoms with Crippen molar-refractivity contribution in [2.24, 2.45) is 0 Å². The third-order valence-corrected chi connectivity index (χ3v) is 6.57. The first-order valence-corrected chi connectivity index (χ1v) is 12.0. The molecule has 0 amide bonds. The van der Waals surface area contributed by atoms with Gasteiger partial charge in [-0.2, -0.15) is 0 Å². The Hall–Kier alpha value is -0.0862.